The monoisotopic (exact) mass is 495 g/mol. The highest BCUT2D eigenvalue weighted by molar-refractivity contribution is 6.37. The van der Waals surface area contributed by atoms with Gasteiger partial charge in [0.25, 0.3) is 11.7 Å². The molecule has 0 aliphatic rings. The molecule has 0 radical (unpaired) electrons. The number of aromatic nitrogens is 5. The van der Waals surface area contributed by atoms with E-state index in [0.717, 1.165) is 4.68 Å². The first-order chi connectivity index (χ1) is 15.5. The number of halogens is 5. The number of hydrogen-bond acceptors (Lipinski definition) is 5. The van der Waals surface area contributed by atoms with E-state index in [4.69, 9.17) is 28.9 Å². The van der Waals surface area contributed by atoms with Crippen molar-refractivity contribution in [1.82, 2.24) is 24.5 Å². The summed E-state index contributed by atoms with van der Waals surface area (Å²) in [6.45, 7) is 1.42. The molecule has 3 N–H and O–H groups in total. The normalized spacial score (nSPS) is 11.6. The molecule has 0 saturated heterocycles. The molecule has 33 heavy (non-hydrogen) atoms. The molecule has 4 rings (SSSR count). The second-order valence-corrected chi connectivity index (χ2v) is 7.65. The summed E-state index contributed by atoms with van der Waals surface area (Å²) >= 11 is 12.4. The Labute approximate surface area is 194 Å². The van der Waals surface area contributed by atoms with Crippen LogP contribution < -0.4 is 11.1 Å². The number of primary amides is 1. The fourth-order valence-corrected chi connectivity index (χ4v) is 3.64. The molecule has 13 heteroatoms. The number of nitrogens with one attached hydrogen (secondary N) is 1. The molecule has 2 aromatic carbocycles. The van der Waals surface area contributed by atoms with Gasteiger partial charge in [-0.2, -0.15) is 18.3 Å². The van der Waals surface area contributed by atoms with Gasteiger partial charge in [0.15, 0.2) is 5.69 Å². The minimum absolute atomic E-state index is 0.0583. The third-order valence-electron chi connectivity index (χ3n) is 4.53. The molecule has 1 amide bonds. The van der Waals surface area contributed by atoms with E-state index in [1.807, 2.05) is 0 Å². The second kappa shape index (κ2) is 8.41. The average molecular weight is 496 g/mol. The van der Waals surface area contributed by atoms with Gasteiger partial charge in [0.05, 0.1) is 27.6 Å². The highest BCUT2D eigenvalue weighted by Gasteiger charge is 2.36. The Morgan fingerprint density at radius 1 is 1.06 bits per heavy atom. The van der Waals surface area contributed by atoms with E-state index >= 15 is 0 Å². The number of hydrogen-bond donors (Lipinski definition) is 2. The predicted molar refractivity (Wildman–Crippen MR) is 116 cm³/mol. The molecular weight excluding hydrogens is 482 g/mol. The summed E-state index contributed by atoms with van der Waals surface area (Å²) in [5.74, 6) is -1.93. The van der Waals surface area contributed by atoms with Crippen LogP contribution in [0.25, 0.3) is 11.4 Å². The number of nitrogens with zero attached hydrogens (tertiary/aromatic N) is 5. The maximum absolute atomic E-state index is 12.9. The highest BCUT2D eigenvalue weighted by Crippen LogP contribution is 2.31. The summed E-state index contributed by atoms with van der Waals surface area (Å²) < 4.78 is 41.0. The van der Waals surface area contributed by atoms with Gasteiger partial charge >= 0.3 is 6.18 Å². The number of para-hydroxylation sites is 1. The number of anilines is 2. The van der Waals surface area contributed by atoms with E-state index in [1.54, 1.807) is 42.5 Å². The topological polar surface area (TPSA) is 104 Å². The van der Waals surface area contributed by atoms with Crippen LogP contribution in [0.2, 0.25) is 10.0 Å². The van der Waals surface area contributed by atoms with Crippen LogP contribution in [0.1, 0.15) is 22.1 Å². The molecule has 4 aromatic rings. The zero-order valence-electron chi connectivity index (χ0n) is 16.7. The average Bonchev–Trinajstić information content (AvgIpc) is 3.32. The molecule has 170 valence electrons. The van der Waals surface area contributed by atoms with Crippen LogP contribution in [0.5, 0.6) is 0 Å². The molecule has 0 unspecified atom stereocenters. The second-order valence-electron chi connectivity index (χ2n) is 6.83. The molecular formula is C20H14Cl2F3N7O. The number of aryl methyl sites for hydroxylation is 1. The molecule has 2 aromatic heterocycles. The van der Waals surface area contributed by atoms with E-state index in [2.05, 4.69) is 20.5 Å². The number of amides is 1. The Hall–Kier alpha value is -3.57. The minimum atomic E-state index is -4.65. The molecule has 8 nitrogen and oxygen atoms in total. The summed E-state index contributed by atoms with van der Waals surface area (Å²) in [6.07, 6.45) is -3.15. The van der Waals surface area contributed by atoms with Crippen molar-refractivity contribution < 1.29 is 18.0 Å². The van der Waals surface area contributed by atoms with Gasteiger partial charge in [-0.3, -0.25) is 4.79 Å². The first-order valence-electron chi connectivity index (χ1n) is 9.27. The summed E-state index contributed by atoms with van der Waals surface area (Å²) in [7, 11) is 0. The summed E-state index contributed by atoms with van der Waals surface area (Å²) in [4.78, 5) is 15.4. The smallest absolute Gasteiger partial charge is 0.364 e. The van der Waals surface area contributed by atoms with Crippen LogP contribution in [0.3, 0.4) is 0 Å². The van der Waals surface area contributed by atoms with Crippen LogP contribution in [0.4, 0.5) is 24.5 Å². The molecule has 2 heterocycles. The summed E-state index contributed by atoms with van der Waals surface area (Å²) in [5.41, 5.74) is 6.93. The van der Waals surface area contributed by atoms with Crippen LogP contribution in [-0.2, 0) is 6.18 Å². The number of alkyl halides is 3. The Morgan fingerprint density at radius 2 is 1.70 bits per heavy atom. The van der Waals surface area contributed by atoms with Gasteiger partial charge in [0.1, 0.15) is 11.5 Å². The Kier molecular flexibility index (Phi) is 5.76. The fourth-order valence-electron chi connectivity index (χ4n) is 3.07. The lowest BCUT2D eigenvalue weighted by Crippen LogP contribution is -2.14. The molecule has 0 aliphatic carbocycles. The van der Waals surface area contributed by atoms with Crippen LogP contribution in [0, 0.1) is 6.92 Å². The van der Waals surface area contributed by atoms with Crippen LogP contribution in [-0.4, -0.2) is 30.5 Å². The molecule has 0 atom stereocenters. The van der Waals surface area contributed by atoms with E-state index in [9.17, 15) is 18.0 Å². The van der Waals surface area contributed by atoms with Gasteiger partial charge in [-0.1, -0.05) is 29.3 Å². The van der Waals surface area contributed by atoms with Crippen molar-refractivity contribution >= 4 is 40.5 Å². The third-order valence-corrected chi connectivity index (χ3v) is 5.14. The van der Waals surface area contributed by atoms with Gasteiger partial charge in [-0.25, -0.2) is 14.3 Å². The van der Waals surface area contributed by atoms with Gasteiger partial charge < -0.3 is 11.1 Å². The van der Waals surface area contributed by atoms with Crippen molar-refractivity contribution in [1.29, 1.82) is 0 Å². The van der Waals surface area contributed by atoms with Crippen molar-refractivity contribution in [2.75, 3.05) is 5.32 Å². The van der Waals surface area contributed by atoms with E-state index in [1.165, 1.54) is 17.8 Å². The number of carbonyl (C=O) groups is 1. The molecule has 0 bridgehead atoms. The molecule has 0 saturated carbocycles. The summed E-state index contributed by atoms with van der Waals surface area (Å²) in [5, 5.41) is 11.3. The lowest BCUT2D eigenvalue weighted by atomic mass is 10.2. The van der Waals surface area contributed by atoms with Crippen molar-refractivity contribution in [2.24, 2.45) is 5.73 Å². The van der Waals surface area contributed by atoms with Gasteiger partial charge in [-0.15, -0.1) is 5.10 Å². The molecule has 0 aliphatic heterocycles. The predicted octanol–water partition coefficient (Wildman–Crippen LogP) is 4.93. The number of carbonyl (C=O) groups excluding carboxylic acids is 1. The van der Waals surface area contributed by atoms with E-state index in [-0.39, 0.29) is 17.2 Å². The zero-order valence-corrected chi connectivity index (χ0v) is 18.2. The fraction of sp³-hybridized carbons (Fsp3) is 0.100. The maximum atomic E-state index is 12.9. The lowest BCUT2D eigenvalue weighted by Gasteiger charge is -2.08. The van der Waals surface area contributed by atoms with Crippen molar-refractivity contribution in [2.45, 2.75) is 13.1 Å². The third kappa shape index (κ3) is 4.50. The zero-order chi connectivity index (χ0) is 23.9. The first-order valence-corrected chi connectivity index (χ1v) is 10.0. The van der Waals surface area contributed by atoms with E-state index in [0.29, 0.717) is 27.1 Å². The molecule has 0 fully saturated rings. The largest absolute Gasteiger partial charge is 0.453 e. The van der Waals surface area contributed by atoms with Crippen LogP contribution >= 0.6 is 23.2 Å². The van der Waals surface area contributed by atoms with Crippen LogP contribution in [0.15, 0.2) is 48.7 Å². The first kappa shape index (κ1) is 22.6. The van der Waals surface area contributed by atoms with Gasteiger partial charge in [0, 0.05) is 5.69 Å². The minimum Gasteiger partial charge on any atom is -0.364 e. The molecule has 0 spiro atoms. The lowest BCUT2D eigenvalue weighted by molar-refractivity contribution is -0.144. The Balaban J connectivity index is 1.64. The summed E-state index contributed by atoms with van der Waals surface area (Å²) in [6, 6.07) is 11.2. The van der Waals surface area contributed by atoms with Crippen molar-refractivity contribution in [3.8, 4) is 11.4 Å². The number of benzene rings is 2. The Bertz CT molecular complexity index is 1330. The SMILES string of the molecule is Cc1nc(C(F)(F)F)nn1-c1ccc(Nc2cn(-c3c(Cl)cccc3Cl)nc2C(N)=O)cc1. The van der Waals surface area contributed by atoms with E-state index < -0.39 is 17.9 Å². The number of nitrogens with two attached hydrogens (primary N) is 1. The number of rotatable bonds is 5. The quantitative estimate of drug-likeness (QED) is 0.408. The van der Waals surface area contributed by atoms with Crippen molar-refractivity contribution in [3.63, 3.8) is 0 Å². The van der Waals surface area contributed by atoms with Crippen molar-refractivity contribution in [3.05, 3.63) is 76.0 Å². The maximum Gasteiger partial charge on any atom is 0.453 e. The standard InChI is InChI=1S/C20H14Cl2F3N7O/c1-10-27-19(20(23,24)25)30-32(10)12-7-5-11(6-8-12)28-15-9-31(29-16(15)18(26)33)17-13(21)3-2-4-14(17)22/h2-9,28H,1H3,(H2,26,33). The van der Waals surface area contributed by atoms with Gasteiger partial charge in [-0.05, 0) is 43.3 Å². The highest BCUT2D eigenvalue weighted by atomic mass is 35.5. The van der Waals surface area contributed by atoms with Gasteiger partial charge in [0.2, 0.25) is 0 Å². The Morgan fingerprint density at radius 3 is 2.24 bits per heavy atom.